The summed E-state index contributed by atoms with van der Waals surface area (Å²) in [4.78, 5) is 12.6. The van der Waals surface area contributed by atoms with Gasteiger partial charge >= 0.3 is 0 Å². The molecule has 0 saturated carbocycles. The average Bonchev–Trinajstić information content (AvgIpc) is 2.65. The molecule has 0 unspecified atom stereocenters. The van der Waals surface area contributed by atoms with E-state index in [0.29, 0.717) is 21.8 Å². The number of rotatable bonds is 3. The van der Waals surface area contributed by atoms with Crippen molar-refractivity contribution >= 4 is 38.9 Å². The zero-order chi connectivity index (χ0) is 19.9. The second-order valence-corrected chi connectivity index (χ2v) is 8.50. The Morgan fingerprint density at radius 1 is 1.00 bits per heavy atom. The van der Waals surface area contributed by atoms with Gasteiger partial charge in [-0.25, -0.2) is 12.8 Å². The van der Waals surface area contributed by atoms with Crippen LogP contribution in [0.5, 0.6) is 0 Å². The number of hydrogen-bond donors (Lipinski definition) is 1. The van der Waals surface area contributed by atoms with Gasteiger partial charge in [0, 0.05) is 21.8 Å². The van der Waals surface area contributed by atoms with Crippen molar-refractivity contribution in [3.05, 3.63) is 77.6 Å². The summed E-state index contributed by atoms with van der Waals surface area (Å²) in [6.07, 6.45) is 0. The van der Waals surface area contributed by atoms with Gasteiger partial charge < -0.3 is 5.32 Å². The van der Waals surface area contributed by atoms with E-state index < -0.39 is 28.3 Å². The summed E-state index contributed by atoms with van der Waals surface area (Å²) in [5.74, 6) is -1.09. The molecule has 1 aliphatic heterocycles. The molecule has 1 aliphatic rings. The van der Waals surface area contributed by atoms with Crippen LogP contribution in [0.2, 0.25) is 5.02 Å². The van der Waals surface area contributed by atoms with Gasteiger partial charge in [0.15, 0.2) is 0 Å². The lowest BCUT2D eigenvalue weighted by Crippen LogP contribution is -2.40. The molecule has 0 aliphatic carbocycles. The van der Waals surface area contributed by atoms with E-state index in [2.05, 4.69) is 5.32 Å². The number of carbonyl (C=O) groups is 1. The third kappa shape index (κ3) is 3.23. The van der Waals surface area contributed by atoms with Gasteiger partial charge in [0.05, 0.1) is 10.6 Å². The van der Waals surface area contributed by atoms with Crippen LogP contribution in [0.25, 0.3) is 11.1 Å². The van der Waals surface area contributed by atoms with Crippen LogP contribution in [0, 0.1) is 5.82 Å². The molecule has 0 fully saturated rings. The van der Waals surface area contributed by atoms with Gasteiger partial charge in [-0.3, -0.25) is 9.10 Å². The first kappa shape index (κ1) is 18.5. The first-order valence-electron chi connectivity index (χ1n) is 8.33. The Kier molecular flexibility index (Phi) is 4.56. The number of anilines is 2. The average molecular weight is 417 g/mol. The Balaban J connectivity index is 1.74. The molecule has 1 N–H and O–H groups in total. The highest BCUT2D eigenvalue weighted by atomic mass is 35.5. The topological polar surface area (TPSA) is 66.5 Å². The zero-order valence-electron chi connectivity index (χ0n) is 14.4. The summed E-state index contributed by atoms with van der Waals surface area (Å²) in [6, 6.07) is 16.8. The summed E-state index contributed by atoms with van der Waals surface area (Å²) in [7, 11) is -3.95. The Morgan fingerprint density at radius 3 is 2.57 bits per heavy atom. The summed E-state index contributed by atoms with van der Waals surface area (Å²) in [6.45, 7) is -0.457. The van der Waals surface area contributed by atoms with E-state index in [4.69, 9.17) is 11.6 Å². The number of halogens is 2. The van der Waals surface area contributed by atoms with Gasteiger partial charge in [-0.2, -0.15) is 0 Å². The fourth-order valence-corrected chi connectivity index (χ4v) is 4.99. The molecule has 8 heteroatoms. The Labute approximate surface area is 166 Å². The number of nitrogens with zero attached hydrogens (tertiary/aromatic N) is 1. The van der Waals surface area contributed by atoms with Crippen molar-refractivity contribution < 1.29 is 17.6 Å². The molecule has 4 rings (SSSR count). The monoisotopic (exact) mass is 416 g/mol. The number of nitrogens with one attached hydrogen (secondary N) is 1. The molecule has 0 saturated heterocycles. The molecule has 5 nitrogen and oxygen atoms in total. The number of benzene rings is 3. The lowest BCUT2D eigenvalue weighted by atomic mass is 10.0. The van der Waals surface area contributed by atoms with Crippen molar-refractivity contribution in [3.8, 4) is 11.1 Å². The highest BCUT2D eigenvalue weighted by Crippen LogP contribution is 2.43. The molecule has 0 aromatic heterocycles. The Hall–Kier alpha value is -2.90. The molecule has 0 atom stereocenters. The van der Waals surface area contributed by atoms with E-state index in [1.54, 1.807) is 36.4 Å². The summed E-state index contributed by atoms with van der Waals surface area (Å²) in [5.41, 5.74) is 1.76. The molecule has 1 heterocycles. The number of sulfonamides is 1. The van der Waals surface area contributed by atoms with E-state index in [0.717, 1.165) is 10.4 Å². The normalized spacial score (nSPS) is 14.1. The molecule has 0 radical (unpaired) electrons. The van der Waals surface area contributed by atoms with Crippen LogP contribution in [0.1, 0.15) is 0 Å². The van der Waals surface area contributed by atoms with Crippen molar-refractivity contribution in [2.24, 2.45) is 0 Å². The van der Waals surface area contributed by atoms with Gasteiger partial charge in [-0.1, -0.05) is 35.9 Å². The number of fused-ring (bicyclic) bond motifs is 3. The highest BCUT2D eigenvalue weighted by molar-refractivity contribution is 7.93. The van der Waals surface area contributed by atoms with E-state index in [9.17, 15) is 17.6 Å². The third-order valence-electron chi connectivity index (χ3n) is 4.37. The van der Waals surface area contributed by atoms with Gasteiger partial charge in [0.1, 0.15) is 12.4 Å². The largest absolute Gasteiger partial charge is 0.324 e. The Bertz CT molecular complexity index is 1200. The first-order chi connectivity index (χ1) is 13.4. The molecule has 28 heavy (non-hydrogen) atoms. The number of hydrogen-bond acceptors (Lipinski definition) is 3. The Morgan fingerprint density at radius 2 is 1.79 bits per heavy atom. The second-order valence-electron chi connectivity index (χ2n) is 6.23. The molecule has 0 spiro atoms. The number of carbonyl (C=O) groups excluding carboxylic acids is 1. The minimum absolute atomic E-state index is 0.100. The fraction of sp³-hybridized carbons (Fsp3) is 0.0500. The third-order valence-corrected chi connectivity index (χ3v) is 6.42. The van der Waals surface area contributed by atoms with Crippen LogP contribution in [-0.4, -0.2) is 20.9 Å². The van der Waals surface area contributed by atoms with Crippen LogP contribution >= 0.6 is 11.6 Å². The molecular formula is C20H14ClFN2O3S. The predicted octanol–water partition coefficient (Wildman–Crippen LogP) is 4.29. The van der Waals surface area contributed by atoms with Crippen LogP contribution < -0.4 is 9.62 Å². The maximum Gasteiger partial charge on any atom is 0.265 e. The molecule has 142 valence electrons. The second kappa shape index (κ2) is 6.92. The van der Waals surface area contributed by atoms with E-state index >= 15 is 0 Å². The molecule has 3 aromatic rings. The summed E-state index contributed by atoms with van der Waals surface area (Å²) in [5, 5.41) is 2.98. The lowest BCUT2D eigenvalue weighted by molar-refractivity contribution is -0.114. The molecule has 1 amide bonds. The van der Waals surface area contributed by atoms with Crippen molar-refractivity contribution in [1.29, 1.82) is 0 Å². The maximum atomic E-state index is 13.3. The lowest BCUT2D eigenvalue weighted by Gasteiger charge is -2.31. The molecule has 0 bridgehead atoms. The molecular weight excluding hydrogens is 403 g/mol. The van der Waals surface area contributed by atoms with E-state index in [1.807, 2.05) is 0 Å². The quantitative estimate of drug-likeness (QED) is 0.692. The predicted molar refractivity (Wildman–Crippen MR) is 106 cm³/mol. The van der Waals surface area contributed by atoms with E-state index in [-0.39, 0.29) is 10.6 Å². The van der Waals surface area contributed by atoms with Crippen LogP contribution in [-0.2, 0) is 14.8 Å². The van der Waals surface area contributed by atoms with Crippen LogP contribution in [0.15, 0.2) is 71.6 Å². The zero-order valence-corrected chi connectivity index (χ0v) is 16.0. The van der Waals surface area contributed by atoms with Crippen LogP contribution in [0.4, 0.5) is 15.8 Å². The SMILES string of the molecule is O=C(CN1c2ccc(Cl)cc2-c2ccccc2S1(=O)=O)Nc1cccc(F)c1. The maximum absolute atomic E-state index is 13.3. The van der Waals surface area contributed by atoms with Crippen molar-refractivity contribution in [3.63, 3.8) is 0 Å². The number of amides is 1. The van der Waals surface area contributed by atoms with Gasteiger partial charge in [-0.15, -0.1) is 0 Å². The summed E-state index contributed by atoms with van der Waals surface area (Å²) < 4.78 is 40.7. The van der Waals surface area contributed by atoms with Crippen molar-refractivity contribution in [1.82, 2.24) is 0 Å². The van der Waals surface area contributed by atoms with E-state index in [1.165, 1.54) is 24.3 Å². The highest BCUT2D eigenvalue weighted by Gasteiger charge is 2.35. The summed E-state index contributed by atoms with van der Waals surface area (Å²) >= 11 is 6.11. The van der Waals surface area contributed by atoms with Gasteiger partial charge in [-0.05, 0) is 42.5 Å². The minimum Gasteiger partial charge on any atom is -0.324 e. The standard InChI is InChI=1S/C20H14ClFN2O3S/c21-13-8-9-18-17(10-13)16-6-1-2-7-19(16)28(26,27)24(18)12-20(25)23-15-5-3-4-14(22)11-15/h1-11H,12H2,(H,23,25). The molecule has 3 aromatic carbocycles. The first-order valence-corrected chi connectivity index (χ1v) is 10.2. The van der Waals surface area contributed by atoms with Gasteiger partial charge in [0.2, 0.25) is 5.91 Å². The smallest absolute Gasteiger partial charge is 0.265 e. The van der Waals surface area contributed by atoms with Crippen molar-refractivity contribution in [2.75, 3.05) is 16.2 Å². The van der Waals surface area contributed by atoms with Crippen molar-refractivity contribution in [2.45, 2.75) is 4.90 Å². The minimum atomic E-state index is -3.95. The fourth-order valence-electron chi connectivity index (χ4n) is 3.17. The van der Waals surface area contributed by atoms with Crippen LogP contribution in [0.3, 0.4) is 0 Å². The van der Waals surface area contributed by atoms with Gasteiger partial charge in [0.25, 0.3) is 10.0 Å².